The Morgan fingerprint density at radius 3 is 2.88 bits per heavy atom. The maximum absolute atomic E-state index is 12.5. The van der Waals surface area contributed by atoms with Gasteiger partial charge in [-0.3, -0.25) is 14.2 Å². The van der Waals surface area contributed by atoms with Crippen LogP contribution in [0.3, 0.4) is 0 Å². The maximum Gasteiger partial charge on any atom is 0.261 e. The fourth-order valence-electron chi connectivity index (χ4n) is 2.54. The molecule has 7 heteroatoms. The van der Waals surface area contributed by atoms with Crippen molar-refractivity contribution in [2.24, 2.45) is 0 Å². The molecule has 6 nitrogen and oxygen atoms in total. The van der Waals surface area contributed by atoms with E-state index in [0.29, 0.717) is 27.2 Å². The van der Waals surface area contributed by atoms with Gasteiger partial charge in [-0.05, 0) is 37.3 Å². The summed E-state index contributed by atoms with van der Waals surface area (Å²) in [5.74, 6) is 0.417. The number of carbonyl (C=O) groups excluding carboxylic acids is 1. The first-order valence-corrected chi connectivity index (χ1v) is 8.38. The number of aromatic nitrogens is 2. The van der Waals surface area contributed by atoms with Gasteiger partial charge in [0.2, 0.25) is 0 Å². The van der Waals surface area contributed by atoms with Gasteiger partial charge in [0, 0.05) is 10.6 Å². The molecule has 2 aromatic carbocycles. The lowest BCUT2D eigenvalue weighted by Crippen LogP contribution is -2.30. The Hall–Kier alpha value is -2.70. The summed E-state index contributed by atoms with van der Waals surface area (Å²) in [5, 5.41) is 11.1. The van der Waals surface area contributed by atoms with Crippen molar-refractivity contribution in [3.05, 3.63) is 69.7 Å². The molecule has 1 atom stereocenters. The van der Waals surface area contributed by atoms with Crippen LogP contribution in [0.25, 0.3) is 10.9 Å². The van der Waals surface area contributed by atoms with E-state index in [0.717, 1.165) is 0 Å². The number of rotatable bonds is 6. The summed E-state index contributed by atoms with van der Waals surface area (Å²) in [6, 6.07) is 11.6. The van der Waals surface area contributed by atoms with Crippen LogP contribution in [-0.2, 0) is 6.54 Å². The summed E-state index contributed by atoms with van der Waals surface area (Å²) in [4.78, 5) is 28.0. The van der Waals surface area contributed by atoms with E-state index in [2.05, 4.69) is 4.98 Å². The molecule has 1 N–H and O–H groups in total. The van der Waals surface area contributed by atoms with E-state index in [-0.39, 0.29) is 24.5 Å². The molecule has 26 heavy (non-hydrogen) atoms. The molecule has 0 saturated heterocycles. The number of hydrogen-bond acceptors (Lipinski definition) is 5. The quantitative estimate of drug-likeness (QED) is 0.673. The van der Waals surface area contributed by atoms with Gasteiger partial charge in [0.1, 0.15) is 18.5 Å². The molecule has 3 rings (SSSR count). The molecule has 0 aliphatic heterocycles. The first-order valence-electron chi connectivity index (χ1n) is 8.00. The highest BCUT2D eigenvalue weighted by atomic mass is 35.5. The van der Waals surface area contributed by atoms with Crippen LogP contribution in [0, 0.1) is 0 Å². The van der Waals surface area contributed by atoms with Gasteiger partial charge < -0.3 is 9.84 Å². The van der Waals surface area contributed by atoms with Gasteiger partial charge in [0.25, 0.3) is 5.56 Å². The minimum Gasteiger partial charge on any atom is -0.491 e. The van der Waals surface area contributed by atoms with Crippen LogP contribution in [0.4, 0.5) is 0 Å². The van der Waals surface area contributed by atoms with Crippen molar-refractivity contribution in [3.8, 4) is 5.75 Å². The van der Waals surface area contributed by atoms with Gasteiger partial charge in [-0.1, -0.05) is 23.7 Å². The SMILES string of the molecule is CC(=O)c1cccc(OCC(O)Cn2cnc3cc(Cl)ccc3c2=O)c1. The average Bonchev–Trinajstić information content (AvgIpc) is 2.62. The van der Waals surface area contributed by atoms with Crippen LogP contribution in [0.5, 0.6) is 5.75 Å². The van der Waals surface area contributed by atoms with Crippen LogP contribution in [0.15, 0.2) is 53.6 Å². The van der Waals surface area contributed by atoms with Crippen LogP contribution >= 0.6 is 11.6 Å². The Morgan fingerprint density at radius 1 is 1.31 bits per heavy atom. The predicted molar refractivity (Wildman–Crippen MR) is 99.0 cm³/mol. The number of aliphatic hydroxyl groups excluding tert-OH is 1. The summed E-state index contributed by atoms with van der Waals surface area (Å²) in [6.45, 7) is 1.49. The molecule has 0 aliphatic carbocycles. The Bertz CT molecular complexity index is 1020. The second kappa shape index (κ2) is 7.68. The minimum absolute atomic E-state index is 0.0214. The molecular weight excluding hydrogens is 356 g/mol. The molecule has 3 aromatic rings. The van der Waals surface area contributed by atoms with Crippen LogP contribution < -0.4 is 10.3 Å². The lowest BCUT2D eigenvalue weighted by Gasteiger charge is -2.14. The lowest BCUT2D eigenvalue weighted by atomic mass is 10.1. The number of carbonyl (C=O) groups is 1. The molecule has 0 bridgehead atoms. The third kappa shape index (κ3) is 4.09. The monoisotopic (exact) mass is 372 g/mol. The standard InChI is InChI=1S/C19H17ClN2O4/c1-12(23)13-3-2-4-16(7-13)26-10-15(24)9-22-11-21-18-8-14(20)5-6-17(18)19(22)25/h2-8,11,15,24H,9-10H2,1H3. The fraction of sp³-hybridized carbons (Fsp3) is 0.211. The van der Waals surface area contributed by atoms with Gasteiger partial charge in [0.05, 0.1) is 23.8 Å². The Morgan fingerprint density at radius 2 is 2.12 bits per heavy atom. The van der Waals surface area contributed by atoms with Crippen molar-refractivity contribution in [1.29, 1.82) is 0 Å². The molecule has 0 radical (unpaired) electrons. The third-order valence-corrected chi connectivity index (χ3v) is 4.11. The highest BCUT2D eigenvalue weighted by Crippen LogP contribution is 2.15. The molecule has 0 amide bonds. The van der Waals surface area contributed by atoms with Gasteiger partial charge in [-0.25, -0.2) is 4.98 Å². The zero-order valence-corrected chi connectivity index (χ0v) is 14.8. The second-order valence-electron chi connectivity index (χ2n) is 5.91. The van der Waals surface area contributed by atoms with Crippen molar-refractivity contribution in [1.82, 2.24) is 9.55 Å². The number of halogens is 1. The van der Waals surface area contributed by atoms with Gasteiger partial charge in [-0.15, -0.1) is 0 Å². The van der Waals surface area contributed by atoms with Gasteiger partial charge in [-0.2, -0.15) is 0 Å². The third-order valence-electron chi connectivity index (χ3n) is 3.88. The van der Waals surface area contributed by atoms with Crippen LogP contribution in [0.1, 0.15) is 17.3 Å². The van der Waals surface area contributed by atoms with Crippen LogP contribution in [0.2, 0.25) is 5.02 Å². The molecule has 1 aromatic heterocycles. The molecule has 1 unspecified atom stereocenters. The van der Waals surface area contributed by atoms with E-state index >= 15 is 0 Å². The van der Waals surface area contributed by atoms with Crippen LogP contribution in [-0.4, -0.2) is 33.2 Å². The van der Waals surface area contributed by atoms with Crippen molar-refractivity contribution in [3.63, 3.8) is 0 Å². The van der Waals surface area contributed by atoms with E-state index in [1.807, 2.05) is 0 Å². The number of aliphatic hydroxyl groups is 1. The van der Waals surface area contributed by atoms with E-state index < -0.39 is 6.10 Å². The number of benzene rings is 2. The lowest BCUT2D eigenvalue weighted by molar-refractivity contribution is 0.0913. The van der Waals surface area contributed by atoms with Crippen molar-refractivity contribution >= 4 is 28.3 Å². The largest absolute Gasteiger partial charge is 0.491 e. The average molecular weight is 373 g/mol. The number of nitrogens with zero attached hydrogens (tertiary/aromatic N) is 2. The fourth-order valence-corrected chi connectivity index (χ4v) is 2.70. The Labute approximate surface area is 154 Å². The van der Waals surface area contributed by atoms with Gasteiger partial charge in [0.15, 0.2) is 5.78 Å². The summed E-state index contributed by atoms with van der Waals surface area (Å²) in [6.07, 6.45) is 0.459. The van der Waals surface area contributed by atoms with E-state index in [4.69, 9.17) is 16.3 Å². The summed E-state index contributed by atoms with van der Waals surface area (Å²) >= 11 is 5.90. The van der Waals surface area contributed by atoms with Crippen molar-refractivity contribution < 1.29 is 14.6 Å². The second-order valence-corrected chi connectivity index (χ2v) is 6.35. The molecular formula is C19H17ClN2O4. The molecule has 0 fully saturated rings. The topological polar surface area (TPSA) is 81.4 Å². The highest BCUT2D eigenvalue weighted by Gasteiger charge is 2.11. The number of hydrogen-bond donors (Lipinski definition) is 1. The van der Waals surface area contributed by atoms with Gasteiger partial charge >= 0.3 is 0 Å². The highest BCUT2D eigenvalue weighted by molar-refractivity contribution is 6.31. The van der Waals surface area contributed by atoms with Crippen molar-refractivity contribution in [2.45, 2.75) is 19.6 Å². The molecule has 1 heterocycles. The number of Topliss-reactive ketones (excluding diaryl/α,β-unsaturated/α-hetero) is 1. The first kappa shape index (κ1) is 18.1. The summed E-state index contributed by atoms with van der Waals surface area (Å²) < 4.78 is 6.85. The van der Waals surface area contributed by atoms with Crippen molar-refractivity contribution in [2.75, 3.05) is 6.61 Å². The van der Waals surface area contributed by atoms with E-state index in [1.165, 1.54) is 17.8 Å². The number of ketones is 1. The van der Waals surface area contributed by atoms with E-state index in [1.54, 1.807) is 42.5 Å². The molecule has 0 spiro atoms. The Balaban J connectivity index is 1.69. The van der Waals surface area contributed by atoms with E-state index in [9.17, 15) is 14.7 Å². The Kier molecular flexibility index (Phi) is 5.35. The minimum atomic E-state index is -0.916. The zero-order chi connectivity index (χ0) is 18.7. The first-order chi connectivity index (χ1) is 12.4. The predicted octanol–water partition coefficient (Wildman–Crippen LogP) is 2.69. The summed E-state index contributed by atoms with van der Waals surface area (Å²) in [5.41, 5.74) is 0.778. The summed E-state index contributed by atoms with van der Waals surface area (Å²) in [7, 11) is 0. The molecule has 0 aliphatic rings. The smallest absolute Gasteiger partial charge is 0.261 e. The zero-order valence-electron chi connectivity index (χ0n) is 14.1. The maximum atomic E-state index is 12.5. The number of ether oxygens (including phenoxy) is 1. The number of fused-ring (bicyclic) bond motifs is 1. The molecule has 0 saturated carbocycles. The normalized spacial score (nSPS) is 12.1. The molecule has 134 valence electrons.